The van der Waals surface area contributed by atoms with Gasteiger partial charge in [-0.1, -0.05) is 49.4 Å². The van der Waals surface area contributed by atoms with Crippen LogP contribution in [0.15, 0.2) is 54.6 Å². The zero-order valence-corrected chi connectivity index (χ0v) is 15.1. The van der Waals surface area contributed by atoms with Gasteiger partial charge in [0.25, 0.3) is 0 Å². The van der Waals surface area contributed by atoms with Gasteiger partial charge in [0.15, 0.2) is 0 Å². The van der Waals surface area contributed by atoms with Crippen molar-refractivity contribution in [1.82, 2.24) is 0 Å². The number of benzene rings is 2. The molecule has 2 rings (SSSR count). The van der Waals surface area contributed by atoms with Crippen LogP contribution in [-0.2, 0) is 4.79 Å². The Balaban J connectivity index is 1.86. The van der Waals surface area contributed by atoms with Crippen molar-refractivity contribution in [2.75, 3.05) is 13.2 Å². The molecule has 0 heterocycles. The third kappa shape index (κ3) is 6.50. The van der Waals surface area contributed by atoms with E-state index in [4.69, 9.17) is 4.74 Å². The van der Waals surface area contributed by atoms with Crippen molar-refractivity contribution in [2.45, 2.75) is 38.3 Å². The fraction of sp³-hybridized carbons (Fsp3) is 0.381. The van der Waals surface area contributed by atoms with E-state index >= 15 is 0 Å². The summed E-state index contributed by atoms with van der Waals surface area (Å²) < 4.78 is 5.54. The molecule has 5 nitrogen and oxygen atoms in total. The summed E-state index contributed by atoms with van der Waals surface area (Å²) in [5.41, 5.74) is 1.78. The fourth-order valence-electron chi connectivity index (χ4n) is 2.85. The maximum Gasteiger partial charge on any atom is 0.119 e. The molecule has 0 spiro atoms. The van der Waals surface area contributed by atoms with Gasteiger partial charge in [0.1, 0.15) is 11.8 Å². The second kappa shape index (κ2) is 10.6. The quantitative estimate of drug-likeness (QED) is 0.635. The number of aliphatic carboxylic acids is 1. The molecule has 3 N–H and O–H groups in total. The van der Waals surface area contributed by atoms with Crippen LogP contribution in [0.5, 0.6) is 5.75 Å². The Kier molecular flexibility index (Phi) is 8.12. The molecule has 0 radical (unpaired) electrons. The van der Waals surface area contributed by atoms with Gasteiger partial charge in [0.05, 0.1) is 19.3 Å². The van der Waals surface area contributed by atoms with Gasteiger partial charge in [-0.3, -0.25) is 0 Å². The van der Waals surface area contributed by atoms with Gasteiger partial charge in [-0.2, -0.15) is 0 Å². The maximum atomic E-state index is 11.0. The minimum atomic E-state index is -1.07. The first kappa shape index (κ1) is 19.9. The topological polar surface area (TPSA) is 86.2 Å². The van der Waals surface area contributed by atoms with Crippen LogP contribution >= 0.6 is 0 Å². The van der Waals surface area contributed by atoms with Gasteiger partial charge in [-0.25, -0.2) is 0 Å². The van der Waals surface area contributed by atoms with Gasteiger partial charge in [-0.05, 0) is 24.1 Å². The van der Waals surface area contributed by atoms with Gasteiger partial charge < -0.3 is 25.1 Å². The molecule has 0 fully saturated rings. The summed E-state index contributed by atoms with van der Waals surface area (Å²) in [5.74, 6) is -0.272. The van der Waals surface area contributed by atoms with E-state index in [-0.39, 0.29) is 12.5 Å². The van der Waals surface area contributed by atoms with Crippen LogP contribution in [0, 0.1) is 0 Å². The van der Waals surface area contributed by atoms with Crippen molar-refractivity contribution in [2.24, 2.45) is 0 Å². The van der Waals surface area contributed by atoms with Crippen molar-refractivity contribution in [3.63, 3.8) is 0 Å². The highest BCUT2D eigenvalue weighted by Gasteiger charge is 2.16. The lowest BCUT2D eigenvalue weighted by Crippen LogP contribution is -2.85. The Morgan fingerprint density at radius 3 is 2.42 bits per heavy atom. The molecule has 2 aromatic rings. The SMILES string of the molecule is CCCOc1ccc([C@H](O)CC[NH2+][C@@H](CC(=O)[O-])c2ccccc2)cc1. The first-order valence-corrected chi connectivity index (χ1v) is 9.09. The number of carboxylic acid groups (broad SMARTS) is 1. The van der Waals surface area contributed by atoms with Crippen molar-refractivity contribution in [3.05, 3.63) is 65.7 Å². The number of aliphatic hydroxyl groups excluding tert-OH is 1. The maximum absolute atomic E-state index is 11.0. The highest BCUT2D eigenvalue weighted by molar-refractivity contribution is 5.65. The second-order valence-corrected chi connectivity index (χ2v) is 6.34. The lowest BCUT2D eigenvalue weighted by atomic mass is 10.0. The molecule has 140 valence electrons. The molecular weight excluding hydrogens is 330 g/mol. The number of ether oxygens (including phenoxy) is 1. The Labute approximate surface area is 154 Å². The molecule has 0 bridgehead atoms. The number of aliphatic hydroxyl groups is 1. The van der Waals surface area contributed by atoms with Crippen LogP contribution in [-0.4, -0.2) is 24.2 Å². The highest BCUT2D eigenvalue weighted by Crippen LogP contribution is 2.20. The molecule has 0 aliphatic carbocycles. The third-order valence-electron chi connectivity index (χ3n) is 4.24. The summed E-state index contributed by atoms with van der Waals surface area (Å²) in [6.07, 6.45) is 0.842. The molecule has 0 unspecified atom stereocenters. The predicted molar refractivity (Wildman–Crippen MR) is 97.4 cm³/mol. The van der Waals surface area contributed by atoms with Crippen LogP contribution < -0.4 is 15.2 Å². The lowest BCUT2D eigenvalue weighted by Gasteiger charge is -2.18. The number of hydrogen-bond donors (Lipinski definition) is 2. The molecule has 0 amide bonds. The van der Waals surface area contributed by atoms with E-state index in [2.05, 4.69) is 6.92 Å². The average molecular weight is 357 g/mol. The molecule has 0 aromatic heterocycles. The minimum absolute atomic E-state index is 0.0520. The van der Waals surface area contributed by atoms with E-state index in [0.717, 1.165) is 23.3 Å². The molecule has 0 aliphatic heterocycles. The normalized spacial score (nSPS) is 13.2. The van der Waals surface area contributed by atoms with Gasteiger partial charge in [0.2, 0.25) is 0 Å². The van der Waals surface area contributed by atoms with E-state index in [9.17, 15) is 15.0 Å². The molecule has 0 saturated carbocycles. The van der Waals surface area contributed by atoms with E-state index in [0.29, 0.717) is 19.6 Å². The Morgan fingerprint density at radius 1 is 1.12 bits per heavy atom. The first-order valence-electron chi connectivity index (χ1n) is 9.09. The lowest BCUT2D eigenvalue weighted by molar-refractivity contribution is -0.696. The van der Waals surface area contributed by atoms with Gasteiger partial charge in [0, 0.05) is 24.4 Å². The highest BCUT2D eigenvalue weighted by atomic mass is 16.5. The van der Waals surface area contributed by atoms with Crippen LogP contribution in [0.4, 0.5) is 0 Å². The summed E-state index contributed by atoms with van der Waals surface area (Å²) >= 11 is 0. The van der Waals surface area contributed by atoms with Crippen LogP contribution in [0.25, 0.3) is 0 Å². The summed E-state index contributed by atoms with van der Waals surface area (Å²) in [6, 6.07) is 16.8. The molecule has 2 aromatic carbocycles. The van der Waals surface area contributed by atoms with Crippen LogP contribution in [0.1, 0.15) is 49.5 Å². The van der Waals surface area contributed by atoms with Crippen molar-refractivity contribution in [3.8, 4) is 5.75 Å². The van der Waals surface area contributed by atoms with Crippen molar-refractivity contribution < 1.29 is 25.1 Å². The molecule has 0 saturated heterocycles. The van der Waals surface area contributed by atoms with Gasteiger partial charge >= 0.3 is 0 Å². The molecule has 0 aliphatic rings. The van der Waals surface area contributed by atoms with Crippen LogP contribution in [0.2, 0.25) is 0 Å². The minimum Gasteiger partial charge on any atom is -0.550 e. The summed E-state index contributed by atoms with van der Waals surface area (Å²) in [4.78, 5) is 11.0. The zero-order chi connectivity index (χ0) is 18.8. The molecule has 26 heavy (non-hydrogen) atoms. The largest absolute Gasteiger partial charge is 0.550 e. The molecule has 2 atom stereocenters. The van der Waals surface area contributed by atoms with E-state index in [1.54, 1.807) is 0 Å². The smallest absolute Gasteiger partial charge is 0.119 e. The van der Waals surface area contributed by atoms with E-state index in [1.807, 2.05) is 59.9 Å². The number of carboxylic acids is 1. The Hall–Kier alpha value is -2.37. The van der Waals surface area contributed by atoms with E-state index in [1.165, 1.54) is 0 Å². The zero-order valence-electron chi connectivity index (χ0n) is 15.1. The monoisotopic (exact) mass is 357 g/mol. The van der Waals surface area contributed by atoms with E-state index < -0.39 is 12.1 Å². The first-order chi connectivity index (χ1) is 12.6. The second-order valence-electron chi connectivity index (χ2n) is 6.34. The fourth-order valence-corrected chi connectivity index (χ4v) is 2.85. The number of carbonyl (C=O) groups is 1. The number of carbonyl (C=O) groups excluding carboxylic acids is 1. The molecule has 5 heteroatoms. The van der Waals surface area contributed by atoms with Gasteiger partial charge in [-0.15, -0.1) is 0 Å². The Morgan fingerprint density at radius 2 is 1.81 bits per heavy atom. The summed E-state index contributed by atoms with van der Waals surface area (Å²) in [5, 5.41) is 23.3. The summed E-state index contributed by atoms with van der Waals surface area (Å²) in [6.45, 7) is 3.34. The number of rotatable bonds is 11. The summed E-state index contributed by atoms with van der Waals surface area (Å²) in [7, 11) is 0. The third-order valence-corrected chi connectivity index (χ3v) is 4.24. The van der Waals surface area contributed by atoms with Crippen LogP contribution in [0.3, 0.4) is 0 Å². The predicted octanol–water partition coefficient (Wildman–Crippen LogP) is 1.34. The van der Waals surface area contributed by atoms with Crippen molar-refractivity contribution >= 4 is 5.97 Å². The number of nitrogens with two attached hydrogens (primary N) is 1. The number of quaternary nitrogens is 1. The standard InChI is InChI=1S/C21H27NO4/c1-2-14-26-18-10-8-17(9-11-18)20(23)12-13-22-19(15-21(24)25)16-6-4-3-5-7-16/h3-11,19-20,22-23H,2,12-15H2,1H3,(H,24,25)/t19-,20+/m0/s1. The Bertz CT molecular complexity index is 657. The number of hydrogen-bond acceptors (Lipinski definition) is 4. The molecular formula is C21H27NO4. The van der Waals surface area contributed by atoms with Crippen molar-refractivity contribution in [1.29, 1.82) is 0 Å². The average Bonchev–Trinajstić information content (AvgIpc) is 2.66.